The normalized spacial score (nSPS) is 22.4. The van der Waals surface area contributed by atoms with Crippen molar-refractivity contribution in [2.75, 3.05) is 32.7 Å². The average Bonchev–Trinajstić information content (AvgIpc) is 2.27. The van der Waals surface area contributed by atoms with Crippen molar-refractivity contribution in [1.29, 1.82) is 0 Å². The summed E-state index contributed by atoms with van der Waals surface area (Å²) in [6, 6.07) is 0.498. The number of amides is 1. The van der Waals surface area contributed by atoms with Gasteiger partial charge in [-0.3, -0.25) is 4.90 Å². The van der Waals surface area contributed by atoms with Crippen LogP contribution in [0.4, 0.5) is 4.79 Å². The number of ether oxygens (including phenoxy) is 1. The lowest BCUT2D eigenvalue weighted by Crippen LogP contribution is -2.62. The minimum atomic E-state index is -0.410. The zero-order valence-electron chi connectivity index (χ0n) is 12.8. The Labute approximate surface area is 121 Å². The summed E-state index contributed by atoms with van der Waals surface area (Å²) in [7, 11) is 0. The highest BCUT2D eigenvalue weighted by atomic mass is 16.6. The van der Waals surface area contributed by atoms with Crippen LogP contribution in [0.2, 0.25) is 0 Å². The van der Waals surface area contributed by atoms with Crippen LogP contribution in [0.15, 0.2) is 5.11 Å². The highest BCUT2D eigenvalue weighted by Crippen LogP contribution is 2.24. The van der Waals surface area contributed by atoms with E-state index in [1.54, 1.807) is 4.90 Å². The monoisotopic (exact) mass is 283 g/mol. The van der Waals surface area contributed by atoms with Crippen molar-refractivity contribution in [2.24, 2.45) is 11.0 Å². The number of rotatable bonds is 3. The standard InChI is InChI=1S/C14H26N4O2/c1-14(2,3)20-13(19)18-9-12(10-18)17-6-4-11(5-7-17)8-16-15/h11-12,15H,4-10H2,1-3H3/p+1. The highest BCUT2D eigenvalue weighted by molar-refractivity contribution is 5.69. The second-order valence-electron chi connectivity index (χ2n) is 6.88. The second-order valence-corrected chi connectivity index (χ2v) is 6.88. The maximum Gasteiger partial charge on any atom is 0.410 e. The van der Waals surface area contributed by atoms with Gasteiger partial charge in [-0.1, -0.05) is 0 Å². The van der Waals surface area contributed by atoms with Crippen molar-refractivity contribution in [3.8, 4) is 0 Å². The van der Waals surface area contributed by atoms with Gasteiger partial charge in [-0.25, -0.2) is 4.79 Å². The summed E-state index contributed by atoms with van der Waals surface area (Å²) in [4.78, 5) is 16.1. The molecule has 0 unspecified atom stereocenters. The molecule has 0 aliphatic carbocycles. The molecule has 0 atom stereocenters. The Morgan fingerprint density at radius 1 is 1.30 bits per heavy atom. The van der Waals surface area contributed by atoms with E-state index in [4.69, 9.17) is 10.3 Å². The van der Waals surface area contributed by atoms with Crippen molar-refractivity contribution in [3.63, 3.8) is 0 Å². The van der Waals surface area contributed by atoms with Crippen LogP contribution in [0.25, 0.3) is 0 Å². The number of carbonyl (C=O) groups excluding carboxylic acids is 1. The van der Waals surface area contributed by atoms with Gasteiger partial charge in [0.2, 0.25) is 0 Å². The van der Waals surface area contributed by atoms with Crippen LogP contribution in [-0.2, 0) is 4.74 Å². The van der Waals surface area contributed by atoms with Gasteiger partial charge >= 0.3 is 6.09 Å². The Bertz CT molecular complexity index is 353. The highest BCUT2D eigenvalue weighted by Gasteiger charge is 2.38. The first-order valence-corrected chi connectivity index (χ1v) is 7.47. The van der Waals surface area contributed by atoms with E-state index in [9.17, 15) is 4.79 Å². The molecule has 2 rings (SSSR count). The number of likely N-dealkylation sites (tertiary alicyclic amines) is 2. The molecule has 0 radical (unpaired) electrons. The third-order valence-corrected chi connectivity index (χ3v) is 4.04. The topological polar surface area (TPSA) is 70.7 Å². The molecule has 0 bridgehead atoms. The van der Waals surface area contributed by atoms with Gasteiger partial charge in [0, 0.05) is 19.1 Å². The minimum absolute atomic E-state index is 0.189. The SMILES string of the molecule is CC(C)(C)OC(=O)N1CC(N2CCC(CN=[NH2+])CC2)C1. The number of carbonyl (C=O) groups is 1. The first kappa shape index (κ1) is 15.2. The summed E-state index contributed by atoms with van der Waals surface area (Å²) < 4.78 is 5.37. The Morgan fingerprint density at radius 3 is 2.40 bits per heavy atom. The maximum absolute atomic E-state index is 11.9. The van der Waals surface area contributed by atoms with E-state index in [1.807, 2.05) is 20.8 Å². The van der Waals surface area contributed by atoms with Gasteiger partial charge in [0.15, 0.2) is 0 Å². The van der Waals surface area contributed by atoms with Gasteiger partial charge in [-0.2, -0.15) is 5.53 Å². The molecule has 0 aromatic carbocycles. The first-order chi connectivity index (χ1) is 9.39. The Morgan fingerprint density at radius 2 is 1.90 bits per heavy atom. The van der Waals surface area contributed by atoms with Gasteiger partial charge in [0.25, 0.3) is 0 Å². The molecule has 6 heteroatoms. The third-order valence-electron chi connectivity index (χ3n) is 4.04. The van der Waals surface area contributed by atoms with Gasteiger partial charge in [0.1, 0.15) is 12.1 Å². The van der Waals surface area contributed by atoms with Gasteiger partial charge < -0.3 is 9.64 Å². The summed E-state index contributed by atoms with van der Waals surface area (Å²) >= 11 is 0. The molecule has 2 saturated heterocycles. The molecule has 0 spiro atoms. The molecule has 0 aromatic heterocycles. The molecule has 2 N–H and O–H groups in total. The van der Waals surface area contributed by atoms with E-state index in [0.717, 1.165) is 45.6 Å². The Kier molecular flexibility index (Phi) is 4.62. The maximum atomic E-state index is 11.9. The molecule has 114 valence electrons. The summed E-state index contributed by atoms with van der Waals surface area (Å²) in [5.41, 5.74) is 4.84. The predicted octanol–water partition coefficient (Wildman–Crippen LogP) is 0.529. The van der Waals surface area contributed by atoms with E-state index >= 15 is 0 Å². The Hall–Kier alpha value is -1.17. The van der Waals surface area contributed by atoms with Crippen LogP contribution in [0.5, 0.6) is 0 Å². The first-order valence-electron chi connectivity index (χ1n) is 7.47. The van der Waals surface area contributed by atoms with Crippen LogP contribution < -0.4 is 5.53 Å². The van der Waals surface area contributed by atoms with Crippen LogP contribution in [0, 0.1) is 5.92 Å². The quantitative estimate of drug-likeness (QED) is 0.768. The van der Waals surface area contributed by atoms with E-state index in [0.29, 0.717) is 12.0 Å². The molecular weight excluding hydrogens is 256 g/mol. The summed E-state index contributed by atoms with van der Waals surface area (Å²) in [5, 5.41) is 3.74. The summed E-state index contributed by atoms with van der Waals surface area (Å²) in [6.45, 7) is 10.2. The smallest absolute Gasteiger partial charge is 0.410 e. The second kappa shape index (κ2) is 6.08. The molecule has 2 aliphatic rings. The zero-order valence-corrected chi connectivity index (χ0v) is 12.8. The number of piperidine rings is 1. The van der Waals surface area contributed by atoms with Crippen LogP contribution in [0.1, 0.15) is 33.6 Å². The van der Waals surface area contributed by atoms with Gasteiger partial charge in [-0.15, -0.1) is 0 Å². The lowest BCUT2D eigenvalue weighted by Gasteiger charge is -2.47. The van der Waals surface area contributed by atoms with Crippen LogP contribution in [0.3, 0.4) is 0 Å². The molecule has 2 aliphatic heterocycles. The molecule has 2 fully saturated rings. The molecule has 0 saturated carbocycles. The molecule has 6 nitrogen and oxygen atoms in total. The van der Waals surface area contributed by atoms with E-state index in [1.165, 1.54) is 0 Å². The fourth-order valence-corrected chi connectivity index (χ4v) is 2.81. The molecule has 20 heavy (non-hydrogen) atoms. The van der Waals surface area contributed by atoms with Crippen molar-refractivity contribution in [3.05, 3.63) is 0 Å². The predicted molar refractivity (Wildman–Crippen MR) is 75.1 cm³/mol. The van der Waals surface area contributed by atoms with Crippen molar-refractivity contribution >= 4 is 6.09 Å². The number of nitrogens with two attached hydrogens (primary N) is 1. The number of hydrogen-bond donors (Lipinski definition) is 1. The summed E-state index contributed by atoms with van der Waals surface area (Å²) in [5.74, 6) is 0.637. The van der Waals surface area contributed by atoms with Gasteiger partial charge in [-0.05, 0) is 57.7 Å². The third kappa shape index (κ3) is 3.91. The Balaban J connectivity index is 1.69. The van der Waals surface area contributed by atoms with E-state index in [-0.39, 0.29) is 6.09 Å². The molecule has 0 aromatic rings. The fourth-order valence-electron chi connectivity index (χ4n) is 2.81. The largest absolute Gasteiger partial charge is 0.444 e. The number of hydrogen-bond acceptors (Lipinski definition) is 4. The lowest BCUT2D eigenvalue weighted by molar-refractivity contribution is -0.224. The van der Waals surface area contributed by atoms with Gasteiger partial charge in [0.05, 0.1) is 0 Å². The van der Waals surface area contributed by atoms with Crippen molar-refractivity contribution < 1.29 is 15.1 Å². The lowest BCUT2D eigenvalue weighted by atomic mass is 9.94. The van der Waals surface area contributed by atoms with Crippen molar-refractivity contribution in [1.82, 2.24) is 9.80 Å². The van der Waals surface area contributed by atoms with Crippen LogP contribution in [-0.4, -0.2) is 60.3 Å². The van der Waals surface area contributed by atoms with E-state index < -0.39 is 5.60 Å². The minimum Gasteiger partial charge on any atom is -0.444 e. The summed E-state index contributed by atoms with van der Waals surface area (Å²) in [6.07, 6.45) is 2.12. The molecule has 2 heterocycles. The van der Waals surface area contributed by atoms with Crippen molar-refractivity contribution in [2.45, 2.75) is 45.3 Å². The zero-order chi connectivity index (χ0) is 14.8. The van der Waals surface area contributed by atoms with Crippen LogP contribution >= 0.6 is 0 Å². The number of nitrogens with zero attached hydrogens (tertiary/aromatic N) is 3. The van der Waals surface area contributed by atoms with E-state index in [2.05, 4.69) is 10.0 Å². The molecule has 1 amide bonds. The fraction of sp³-hybridized carbons (Fsp3) is 0.929. The average molecular weight is 283 g/mol. The molecular formula is C14H27N4O2+.